The van der Waals surface area contributed by atoms with E-state index >= 15 is 0 Å². The summed E-state index contributed by atoms with van der Waals surface area (Å²) < 4.78 is 5.26. The van der Waals surface area contributed by atoms with Crippen molar-refractivity contribution in [3.05, 3.63) is 34.2 Å². The Morgan fingerprint density at radius 3 is 3.12 bits per heavy atom. The minimum absolute atomic E-state index is 0.0561. The largest absolute Gasteiger partial charge is 0.377 e. The van der Waals surface area contributed by atoms with Gasteiger partial charge < -0.3 is 14.6 Å². The van der Waals surface area contributed by atoms with Gasteiger partial charge in [-0.15, -0.1) is 0 Å². The Kier molecular flexibility index (Phi) is 3.05. The molecule has 86 valence electrons. The van der Waals surface area contributed by atoms with Gasteiger partial charge in [-0.25, -0.2) is 0 Å². The molecule has 16 heavy (non-hydrogen) atoms. The number of rotatable bonds is 1. The van der Waals surface area contributed by atoms with Gasteiger partial charge in [0.25, 0.3) is 5.91 Å². The highest BCUT2D eigenvalue weighted by atomic mass is 16.5. The van der Waals surface area contributed by atoms with Gasteiger partial charge in [-0.2, -0.15) is 0 Å². The first-order chi connectivity index (χ1) is 7.68. The lowest BCUT2D eigenvalue weighted by molar-refractivity contribution is 0.00358. The van der Waals surface area contributed by atoms with E-state index in [9.17, 15) is 9.59 Å². The van der Waals surface area contributed by atoms with Gasteiger partial charge in [-0.05, 0) is 13.0 Å². The van der Waals surface area contributed by atoms with Gasteiger partial charge in [0.15, 0.2) is 0 Å². The van der Waals surface area contributed by atoms with Crippen molar-refractivity contribution in [2.24, 2.45) is 0 Å². The zero-order valence-electron chi connectivity index (χ0n) is 9.10. The maximum absolute atomic E-state index is 12.1. The highest BCUT2D eigenvalue weighted by Gasteiger charge is 2.24. The van der Waals surface area contributed by atoms with E-state index in [1.165, 1.54) is 12.3 Å². The van der Waals surface area contributed by atoms with Crippen LogP contribution in [-0.2, 0) is 4.74 Å². The average Bonchev–Trinajstić information content (AvgIpc) is 2.29. The van der Waals surface area contributed by atoms with Gasteiger partial charge in [0.05, 0.1) is 19.3 Å². The lowest BCUT2D eigenvalue weighted by atomic mass is 10.2. The molecule has 1 saturated heterocycles. The molecule has 0 bridgehead atoms. The number of pyridine rings is 1. The second-order valence-corrected chi connectivity index (χ2v) is 3.86. The van der Waals surface area contributed by atoms with Crippen molar-refractivity contribution in [1.82, 2.24) is 9.88 Å². The molecule has 0 aromatic carbocycles. The van der Waals surface area contributed by atoms with Crippen LogP contribution < -0.4 is 5.56 Å². The van der Waals surface area contributed by atoms with Crippen LogP contribution in [0.3, 0.4) is 0 Å². The molecule has 0 unspecified atom stereocenters. The van der Waals surface area contributed by atoms with E-state index in [0.717, 1.165) is 0 Å². The quantitative estimate of drug-likeness (QED) is 0.740. The van der Waals surface area contributed by atoms with Crippen molar-refractivity contribution in [3.8, 4) is 0 Å². The number of carbonyl (C=O) groups is 1. The van der Waals surface area contributed by atoms with Crippen molar-refractivity contribution < 1.29 is 9.53 Å². The van der Waals surface area contributed by atoms with Gasteiger partial charge in [0.2, 0.25) is 5.56 Å². The molecule has 0 spiro atoms. The molecule has 1 aliphatic heterocycles. The van der Waals surface area contributed by atoms with Crippen LogP contribution in [0.1, 0.15) is 17.3 Å². The van der Waals surface area contributed by atoms with Crippen LogP contribution in [0.25, 0.3) is 0 Å². The second kappa shape index (κ2) is 4.49. The Morgan fingerprint density at radius 1 is 1.62 bits per heavy atom. The number of amides is 1. The molecule has 0 aliphatic carbocycles. The molecule has 0 saturated carbocycles. The third-order valence-corrected chi connectivity index (χ3v) is 2.65. The lowest BCUT2D eigenvalue weighted by Crippen LogP contribution is -2.47. The van der Waals surface area contributed by atoms with Crippen molar-refractivity contribution in [3.63, 3.8) is 0 Å². The summed E-state index contributed by atoms with van der Waals surface area (Å²) in [6, 6.07) is 3.00. The summed E-state index contributed by atoms with van der Waals surface area (Å²) in [6.07, 6.45) is 1.49. The summed E-state index contributed by atoms with van der Waals surface area (Å²) in [4.78, 5) is 27.4. The number of hydrogen-bond donors (Lipinski definition) is 1. The fourth-order valence-corrected chi connectivity index (χ4v) is 1.77. The monoisotopic (exact) mass is 222 g/mol. The third-order valence-electron chi connectivity index (χ3n) is 2.65. The van der Waals surface area contributed by atoms with Crippen LogP contribution in [0, 0.1) is 0 Å². The highest BCUT2D eigenvalue weighted by Crippen LogP contribution is 2.10. The van der Waals surface area contributed by atoms with Crippen LogP contribution in [-0.4, -0.2) is 41.6 Å². The van der Waals surface area contributed by atoms with E-state index in [2.05, 4.69) is 4.98 Å². The Balaban J connectivity index is 2.21. The summed E-state index contributed by atoms with van der Waals surface area (Å²) in [6.45, 7) is 3.62. The number of hydrogen-bond acceptors (Lipinski definition) is 3. The van der Waals surface area contributed by atoms with Gasteiger partial charge in [-0.1, -0.05) is 0 Å². The van der Waals surface area contributed by atoms with E-state index in [-0.39, 0.29) is 17.5 Å². The van der Waals surface area contributed by atoms with Crippen LogP contribution in [0.4, 0.5) is 0 Å². The minimum Gasteiger partial charge on any atom is -0.377 e. The molecule has 5 nitrogen and oxygen atoms in total. The molecule has 0 radical (unpaired) electrons. The number of carbonyl (C=O) groups excluding carboxylic acids is 1. The van der Waals surface area contributed by atoms with E-state index in [4.69, 9.17) is 4.74 Å². The average molecular weight is 222 g/mol. The van der Waals surface area contributed by atoms with Crippen LogP contribution in [0.5, 0.6) is 0 Å². The summed E-state index contributed by atoms with van der Waals surface area (Å²) in [5.41, 5.74) is 0.171. The number of nitrogens with zero attached hydrogens (tertiary/aromatic N) is 1. The van der Waals surface area contributed by atoms with Crippen molar-refractivity contribution in [2.75, 3.05) is 19.8 Å². The third kappa shape index (κ3) is 2.14. The molecule has 1 aromatic heterocycles. The predicted molar refractivity (Wildman–Crippen MR) is 58.4 cm³/mol. The van der Waals surface area contributed by atoms with Crippen molar-refractivity contribution in [2.45, 2.75) is 13.0 Å². The number of nitrogens with one attached hydrogen (secondary N) is 1. The first-order valence-corrected chi connectivity index (χ1v) is 5.26. The first-order valence-electron chi connectivity index (χ1n) is 5.26. The summed E-state index contributed by atoms with van der Waals surface area (Å²) in [5.74, 6) is -0.109. The van der Waals surface area contributed by atoms with Gasteiger partial charge in [0, 0.05) is 24.4 Å². The number of morpholine rings is 1. The zero-order valence-corrected chi connectivity index (χ0v) is 9.10. The molecule has 1 atom stereocenters. The Morgan fingerprint density at radius 2 is 2.44 bits per heavy atom. The molecular formula is C11H14N2O3. The number of aromatic nitrogens is 1. The predicted octanol–water partition coefficient (Wildman–Crippen LogP) is 0.236. The van der Waals surface area contributed by atoms with Crippen LogP contribution in [0.15, 0.2) is 23.1 Å². The van der Waals surface area contributed by atoms with E-state index in [0.29, 0.717) is 25.3 Å². The van der Waals surface area contributed by atoms with Crippen molar-refractivity contribution >= 4 is 5.91 Å². The Hall–Kier alpha value is -1.62. The fourth-order valence-electron chi connectivity index (χ4n) is 1.77. The molecule has 2 rings (SSSR count). The van der Waals surface area contributed by atoms with Crippen LogP contribution >= 0.6 is 0 Å². The van der Waals surface area contributed by atoms with Gasteiger partial charge in [0.1, 0.15) is 0 Å². The number of aromatic amines is 1. The SMILES string of the molecule is C[C@@H]1COCCN1C(=O)c1cc[nH]c(=O)c1. The molecule has 5 heteroatoms. The fraction of sp³-hybridized carbons (Fsp3) is 0.455. The normalized spacial score (nSPS) is 20.8. The molecule has 2 heterocycles. The standard InChI is InChI=1S/C11H14N2O3/c1-8-7-16-5-4-13(8)11(15)9-2-3-12-10(14)6-9/h2-3,6,8H,4-5,7H2,1H3,(H,12,14)/t8-/m1/s1. The topological polar surface area (TPSA) is 62.4 Å². The second-order valence-electron chi connectivity index (χ2n) is 3.86. The summed E-state index contributed by atoms with van der Waals surface area (Å²) >= 11 is 0. The van der Waals surface area contributed by atoms with Gasteiger partial charge in [-0.3, -0.25) is 9.59 Å². The van der Waals surface area contributed by atoms with Crippen LogP contribution in [0.2, 0.25) is 0 Å². The number of H-pyrrole nitrogens is 1. The highest BCUT2D eigenvalue weighted by molar-refractivity contribution is 5.94. The number of ether oxygens (including phenoxy) is 1. The first kappa shape index (κ1) is 10.9. The lowest BCUT2D eigenvalue weighted by Gasteiger charge is -2.33. The molecule has 1 fully saturated rings. The van der Waals surface area contributed by atoms with Gasteiger partial charge >= 0.3 is 0 Å². The minimum atomic E-state index is -0.258. The Labute approximate surface area is 93.0 Å². The molecule has 1 aliphatic rings. The molecule has 1 N–H and O–H groups in total. The maximum Gasteiger partial charge on any atom is 0.254 e. The van der Waals surface area contributed by atoms with Crippen molar-refractivity contribution in [1.29, 1.82) is 0 Å². The Bertz CT molecular complexity index is 441. The molecule has 1 aromatic rings. The smallest absolute Gasteiger partial charge is 0.254 e. The molecular weight excluding hydrogens is 208 g/mol. The summed E-state index contributed by atoms with van der Waals surface area (Å²) in [5, 5.41) is 0. The summed E-state index contributed by atoms with van der Waals surface area (Å²) in [7, 11) is 0. The maximum atomic E-state index is 12.1. The van der Waals surface area contributed by atoms with E-state index in [1.807, 2.05) is 6.92 Å². The molecule has 1 amide bonds. The van der Waals surface area contributed by atoms with E-state index in [1.54, 1.807) is 11.0 Å². The zero-order chi connectivity index (χ0) is 11.5. The van der Waals surface area contributed by atoms with E-state index < -0.39 is 0 Å².